The van der Waals surface area contributed by atoms with Crippen LogP contribution in [0.2, 0.25) is 0 Å². The van der Waals surface area contributed by atoms with E-state index in [0.29, 0.717) is 19.3 Å². The maximum absolute atomic E-state index is 5.70. The van der Waals surface area contributed by atoms with Gasteiger partial charge in [0.25, 0.3) is 0 Å². The summed E-state index contributed by atoms with van der Waals surface area (Å²) in [6.45, 7) is 1.26. The Morgan fingerprint density at radius 1 is 0.952 bits per heavy atom. The lowest BCUT2D eigenvalue weighted by atomic mass is 9.97. The van der Waals surface area contributed by atoms with Crippen LogP contribution < -0.4 is 9.47 Å². The Hall–Kier alpha value is -2.00. The number of fused-ring (bicyclic) bond motifs is 1. The first-order valence-electron chi connectivity index (χ1n) is 7.34. The molecular formula is C18H21NO2. The Bertz CT molecular complexity index is 595. The van der Waals surface area contributed by atoms with Gasteiger partial charge in [-0.3, -0.25) is 0 Å². The predicted octanol–water partition coefficient (Wildman–Crippen LogP) is 3.30. The molecule has 2 aromatic carbocycles. The number of rotatable bonds is 4. The van der Waals surface area contributed by atoms with Gasteiger partial charge in [0.05, 0.1) is 0 Å². The quantitative estimate of drug-likeness (QED) is 0.859. The Balaban J connectivity index is 1.87. The van der Waals surface area contributed by atoms with Gasteiger partial charge >= 0.3 is 0 Å². The molecule has 0 fully saturated rings. The van der Waals surface area contributed by atoms with Crippen molar-refractivity contribution in [1.29, 1.82) is 0 Å². The molecule has 3 nitrogen and oxygen atoms in total. The normalized spacial score (nSPS) is 15.0. The number of nitrogens with zero attached hydrogens (tertiary/aromatic N) is 1. The van der Waals surface area contributed by atoms with Crippen LogP contribution in [0.1, 0.15) is 17.2 Å². The Morgan fingerprint density at radius 2 is 1.67 bits per heavy atom. The fraction of sp³-hybridized carbons (Fsp3) is 0.333. The van der Waals surface area contributed by atoms with Gasteiger partial charge in [0, 0.05) is 6.04 Å². The van der Waals surface area contributed by atoms with Crippen LogP contribution in [0.15, 0.2) is 48.5 Å². The molecule has 0 N–H and O–H groups in total. The maximum atomic E-state index is 5.70. The highest BCUT2D eigenvalue weighted by molar-refractivity contribution is 5.45. The van der Waals surface area contributed by atoms with Crippen LogP contribution in [-0.2, 0) is 6.42 Å². The van der Waals surface area contributed by atoms with Crippen molar-refractivity contribution in [2.45, 2.75) is 12.5 Å². The third-order valence-corrected chi connectivity index (χ3v) is 3.85. The molecule has 0 bridgehead atoms. The molecule has 0 spiro atoms. The average molecular weight is 283 g/mol. The van der Waals surface area contributed by atoms with E-state index in [-0.39, 0.29) is 0 Å². The van der Waals surface area contributed by atoms with Gasteiger partial charge in [-0.1, -0.05) is 36.4 Å². The van der Waals surface area contributed by atoms with E-state index in [1.165, 1.54) is 11.1 Å². The van der Waals surface area contributed by atoms with Crippen LogP contribution >= 0.6 is 0 Å². The first kappa shape index (κ1) is 14.0. The van der Waals surface area contributed by atoms with E-state index in [9.17, 15) is 0 Å². The van der Waals surface area contributed by atoms with Gasteiger partial charge < -0.3 is 14.4 Å². The molecule has 3 heteroatoms. The lowest BCUT2D eigenvalue weighted by Crippen LogP contribution is -2.23. The predicted molar refractivity (Wildman–Crippen MR) is 84.0 cm³/mol. The van der Waals surface area contributed by atoms with Crippen molar-refractivity contribution in [2.75, 3.05) is 27.3 Å². The highest BCUT2D eigenvalue weighted by atomic mass is 16.6. The lowest BCUT2D eigenvalue weighted by molar-refractivity contribution is 0.171. The van der Waals surface area contributed by atoms with E-state index >= 15 is 0 Å². The second kappa shape index (κ2) is 6.19. The lowest BCUT2D eigenvalue weighted by Gasteiger charge is -2.27. The summed E-state index contributed by atoms with van der Waals surface area (Å²) >= 11 is 0. The van der Waals surface area contributed by atoms with Crippen LogP contribution in [0.25, 0.3) is 0 Å². The number of ether oxygens (including phenoxy) is 2. The molecule has 1 aliphatic heterocycles. The van der Waals surface area contributed by atoms with E-state index in [4.69, 9.17) is 9.47 Å². The molecule has 3 rings (SSSR count). The molecule has 1 unspecified atom stereocenters. The second-order valence-corrected chi connectivity index (χ2v) is 5.57. The highest BCUT2D eigenvalue weighted by Gasteiger charge is 2.19. The molecule has 0 amide bonds. The molecule has 2 aromatic rings. The summed E-state index contributed by atoms with van der Waals surface area (Å²) in [5, 5.41) is 0. The minimum atomic E-state index is 0.322. The third-order valence-electron chi connectivity index (χ3n) is 3.85. The minimum absolute atomic E-state index is 0.322. The Morgan fingerprint density at radius 3 is 2.38 bits per heavy atom. The van der Waals surface area contributed by atoms with Crippen LogP contribution in [0.3, 0.4) is 0 Å². The Kier molecular flexibility index (Phi) is 4.11. The van der Waals surface area contributed by atoms with Gasteiger partial charge in [0.1, 0.15) is 13.2 Å². The highest BCUT2D eigenvalue weighted by Crippen LogP contribution is 2.34. The molecule has 1 heterocycles. The SMILES string of the molecule is CN(C)C(Cc1ccccc1)c1ccc2c(c1)OCCO2. The zero-order chi connectivity index (χ0) is 14.7. The molecule has 1 aliphatic rings. The van der Waals surface area contributed by atoms with E-state index in [1.54, 1.807) is 0 Å². The number of hydrogen-bond acceptors (Lipinski definition) is 3. The smallest absolute Gasteiger partial charge is 0.161 e. The number of likely N-dealkylation sites (N-methyl/N-ethyl adjacent to an activating group) is 1. The monoisotopic (exact) mass is 283 g/mol. The van der Waals surface area contributed by atoms with Crippen molar-refractivity contribution in [2.24, 2.45) is 0 Å². The average Bonchev–Trinajstić information content (AvgIpc) is 2.53. The van der Waals surface area contributed by atoms with Gasteiger partial charge in [-0.05, 0) is 43.8 Å². The summed E-state index contributed by atoms with van der Waals surface area (Å²) in [4.78, 5) is 2.25. The molecule has 0 saturated carbocycles. The van der Waals surface area contributed by atoms with Crippen molar-refractivity contribution in [3.8, 4) is 11.5 Å². The summed E-state index contributed by atoms with van der Waals surface area (Å²) in [5.74, 6) is 1.71. The minimum Gasteiger partial charge on any atom is -0.486 e. The summed E-state index contributed by atoms with van der Waals surface area (Å²) in [6, 6.07) is 17.2. The second-order valence-electron chi connectivity index (χ2n) is 5.57. The molecular weight excluding hydrogens is 262 g/mol. The van der Waals surface area contributed by atoms with Crippen molar-refractivity contribution in [3.63, 3.8) is 0 Å². The van der Waals surface area contributed by atoms with Gasteiger partial charge in [-0.25, -0.2) is 0 Å². The van der Waals surface area contributed by atoms with Crippen LogP contribution in [0.5, 0.6) is 11.5 Å². The van der Waals surface area contributed by atoms with Crippen molar-refractivity contribution in [1.82, 2.24) is 4.90 Å². The van der Waals surface area contributed by atoms with Gasteiger partial charge in [0.15, 0.2) is 11.5 Å². The molecule has 1 atom stereocenters. The number of hydrogen-bond donors (Lipinski definition) is 0. The zero-order valence-corrected chi connectivity index (χ0v) is 12.6. The van der Waals surface area contributed by atoms with Gasteiger partial charge in [-0.15, -0.1) is 0 Å². The molecule has 0 aliphatic carbocycles. The van der Waals surface area contributed by atoms with E-state index in [1.807, 2.05) is 6.07 Å². The van der Waals surface area contributed by atoms with E-state index in [0.717, 1.165) is 17.9 Å². The van der Waals surface area contributed by atoms with Crippen molar-refractivity contribution >= 4 is 0 Å². The van der Waals surface area contributed by atoms with Gasteiger partial charge in [-0.2, -0.15) is 0 Å². The molecule has 0 radical (unpaired) electrons. The number of benzene rings is 2. The molecule has 0 aromatic heterocycles. The summed E-state index contributed by atoms with van der Waals surface area (Å²) in [6.07, 6.45) is 0.980. The first-order valence-corrected chi connectivity index (χ1v) is 7.34. The topological polar surface area (TPSA) is 21.7 Å². The van der Waals surface area contributed by atoms with Crippen molar-refractivity contribution in [3.05, 3.63) is 59.7 Å². The largest absolute Gasteiger partial charge is 0.486 e. The Labute approximate surface area is 126 Å². The third kappa shape index (κ3) is 3.19. The standard InChI is InChI=1S/C18H21NO2/c1-19(2)16(12-14-6-4-3-5-7-14)15-8-9-17-18(13-15)21-11-10-20-17/h3-9,13,16H,10-12H2,1-2H3. The van der Waals surface area contributed by atoms with Crippen molar-refractivity contribution < 1.29 is 9.47 Å². The fourth-order valence-electron chi connectivity index (χ4n) is 2.70. The summed E-state index contributed by atoms with van der Waals surface area (Å²) < 4.78 is 11.3. The molecule has 110 valence electrons. The first-order chi connectivity index (χ1) is 10.2. The van der Waals surface area contributed by atoms with Crippen LogP contribution in [0, 0.1) is 0 Å². The van der Waals surface area contributed by atoms with E-state index < -0.39 is 0 Å². The van der Waals surface area contributed by atoms with Gasteiger partial charge in [0.2, 0.25) is 0 Å². The van der Waals surface area contributed by atoms with E-state index in [2.05, 4.69) is 61.5 Å². The summed E-state index contributed by atoms with van der Waals surface area (Å²) in [7, 11) is 4.23. The maximum Gasteiger partial charge on any atom is 0.161 e. The molecule has 21 heavy (non-hydrogen) atoms. The van der Waals surface area contributed by atoms with Crippen LogP contribution in [0.4, 0.5) is 0 Å². The molecule has 0 saturated heterocycles. The van der Waals surface area contributed by atoms with Crippen LogP contribution in [-0.4, -0.2) is 32.2 Å². The fourth-order valence-corrected chi connectivity index (χ4v) is 2.70. The zero-order valence-electron chi connectivity index (χ0n) is 12.6. The summed E-state index contributed by atoms with van der Waals surface area (Å²) in [5.41, 5.74) is 2.60.